The molecule has 2 heteroatoms. The fraction of sp³-hybridized carbons (Fsp3) is 0.125. The van der Waals surface area contributed by atoms with E-state index in [0.717, 1.165) is 28.7 Å². The van der Waals surface area contributed by atoms with Crippen molar-refractivity contribution in [3.05, 3.63) is 60.2 Å². The van der Waals surface area contributed by atoms with E-state index in [4.69, 9.17) is 10.2 Å². The van der Waals surface area contributed by atoms with Crippen LogP contribution in [-0.2, 0) is 6.42 Å². The number of para-hydroxylation sites is 1. The maximum Gasteiger partial charge on any atom is 0.135 e. The second kappa shape index (κ2) is 4.67. The highest BCUT2D eigenvalue weighted by Crippen LogP contribution is 2.30. The first-order valence-corrected chi connectivity index (χ1v) is 6.15. The molecule has 3 aromatic rings. The van der Waals surface area contributed by atoms with Crippen molar-refractivity contribution in [2.24, 2.45) is 5.73 Å². The van der Waals surface area contributed by atoms with Gasteiger partial charge in [-0.05, 0) is 30.7 Å². The first-order valence-electron chi connectivity index (χ1n) is 6.15. The fourth-order valence-corrected chi connectivity index (χ4v) is 2.25. The van der Waals surface area contributed by atoms with Gasteiger partial charge in [0.25, 0.3) is 0 Å². The van der Waals surface area contributed by atoms with E-state index in [9.17, 15) is 0 Å². The van der Waals surface area contributed by atoms with E-state index in [0.29, 0.717) is 6.54 Å². The van der Waals surface area contributed by atoms with Crippen LogP contribution in [0.5, 0.6) is 0 Å². The van der Waals surface area contributed by atoms with Gasteiger partial charge in [-0.2, -0.15) is 0 Å². The van der Waals surface area contributed by atoms with Crippen LogP contribution in [0.25, 0.3) is 22.3 Å². The van der Waals surface area contributed by atoms with Gasteiger partial charge in [0.05, 0.1) is 0 Å². The van der Waals surface area contributed by atoms with Gasteiger partial charge in [-0.3, -0.25) is 0 Å². The summed E-state index contributed by atoms with van der Waals surface area (Å²) < 4.78 is 5.90. The zero-order chi connectivity index (χ0) is 12.4. The Bertz CT molecular complexity index is 636. The van der Waals surface area contributed by atoms with Crippen molar-refractivity contribution >= 4 is 11.0 Å². The first kappa shape index (κ1) is 11.1. The largest absolute Gasteiger partial charge is 0.456 e. The molecule has 0 spiro atoms. The lowest BCUT2D eigenvalue weighted by atomic mass is 10.0. The molecule has 0 aliphatic heterocycles. The van der Waals surface area contributed by atoms with Crippen LogP contribution < -0.4 is 5.73 Å². The molecule has 18 heavy (non-hydrogen) atoms. The van der Waals surface area contributed by atoms with Gasteiger partial charge < -0.3 is 10.2 Å². The fourth-order valence-electron chi connectivity index (χ4n) is 2.25. The molecule has 0 aliphatic rings. The smallest absolute Gasteiger partial charge is 0.135 e. The average molecular weight is 237 g/mol. The van der Waals surface area contributed by atoms with Crippen molar-refractivity contribution in [1.82, 2.24) is 0 Å². The third-order valence-corrected chi connectivity index (χ3v) is 3.12. The first-order chi connectivity index (χ1) is 8.88. The summed E-state index contributed by atoms with van der Waals surface area (Å²) in [5, 5.41) is 1.13. The van der Waals surface area contributed by atoms with Crippen LogP contribution in [0, 0.1) is 0 Å². The molecule has 3 rings (SSSR count). The monoisotopic (exact) mass is 237 g/mol. The Morgan fingerprint density at radius 3 is 2.56 bits per heavy atom. The van der Waals surface area contributed by atoms with Crippen LogP contribution >= 0.6 is 0 Å². The highest BCUT2D eigenvalue weighted by atomic mass is 16.3. The normalized spacial score (nSPS) is 10.9. The maximum absolute atomic E-state index is 5.90. The van der Waals surface area contributed by atoms with E-state index in [1.54, 1.807) is 0 Å². The third kappa shape index (κ3) is 1.91. The Morgan fingerprint density at radius 2 is 1.72 bits per heavy atom. The van der Waals surface area contributed by atoms with Crippen molar-refractivity contribution in [2.45, 2.75) is 6.42 Å². The number of hydrogen-bond donors (Lipinski definition) is 1. The molecule has 2 aromatic carbocycles. The van der Waals surface area contributed by atoms with E-state index in [-0.39, 0.29) is 0 Å². The summed E-state index contributed by atoms with van der Waals surface area (Å²) in [7, 11) is 0. The van der Waals surface area contributed by atoms with Gasteiger partial charge in [0.15, 0.2) is 0 Å². The standard InChI is InChI=1S/C16H15NO/c17-10-9-12-5-1-3-7-14(12)16-11-13-6-2-4-8-15(13)18-16/h1-8,11H,9-10,17H2. The van der Waals surface area contributed by atoms with Gasteiger partial charge in [0, 0.05) is 10.9 Å². The van der Waals surface area contributed by atoms with E-state index < -0.39 is 0 Å². The van der Waals surface area contributed by atoms with E-state index in [1.807, 2.05) is 30.3 Å². The van der Waals surface area contributed by atoms with Crippen molar-refractivity contribution in [1.29, 1.82) is 0 Å². The molecular weight excluding hydrogens is 222 g/mol. The molecule has 0 saturated heterocycles. The van der Waals surface area contributed by atoms with Crippen molar-refractivity contribution in [3.8, 4) is 11.3 Å². The molecule has 0 atom stereocenters. The van der Waals surface area contributed by atoms with Crippen LogP contribution in [0.1, 0.15) is 5.56 Å². The molecule has 0 radical (unpaired) electrons. The molecule has 90 valence electrons. The molecule has 1 aromatic heterocycles. The average Bonchev–Trinajstić information content (AvgIpc) is 2.83. The Labute approximate surface area is 106 Å². The number of furan rings is 1. The maximum atomic E-state index is 5.90. The van der Waals surface area contributed by atoms with E-state index in [1.165, 1.54) is 5.56 Å². The lowest BCUT2D eigenvalue weighted by Gasteiger charge is -2.05. The Kier molecular flexibility index (Phi) is 2.87. The van der Waals surface area contributed by atoms with Crippen LogP contribution in [-0.4, -0.2) is 6.54 Å². The second-order valence-corrected chi connectivity index (χ2v) is 4.34. The van der Waals surface area contributed by atoms with Gasteiger partial charge >= 0.3 is 0 Å². The van der Waals surface area contributed by atoms with Crippen molar-refractivity contribution in [2.75, 3.05) is 6.54 Å². The molecule has 0 bridgehead atoms. The van der Waals surface area contributed by atoms with Crippen LogP contribution in [0.3, 0.4) is 0 Å². The zero-order valence-corrected chi connectivity index (χ0v) is 10.1. The van der Waals surface area contributed by atoms with Gasteiger partial charge in [-0.15, -0.1) is 0 Å². The molecule has 0 fully saturated rings. The molecule has 1 heterocycles. The summed E-state index contributed by atoms with van der Waals surface area (Å²) in [6, 6.07) is 18.4. The molecule has 0 unspecified atom stereocenters. The van der Waals surface area contributed by atoms with Crippen LogP contribution in [0.4, 0.5) is 0 Å². The molecule has 2 nitrogen and oxygen atoms in total. The van der Waals surface area contributed by atoms with Crippen molar-refractivity contribution < 1.29 is 4.42 Å². The summed E-state index contributed by atoms with van der Waals surface area (Å²) >= 11 is 0. The number of rotatable bonds is 3. The lowest BCUT2D eigenvalue weighted by molar-refractivity contribution is 0.630. The summed E-state index contributed by atoms with van der Waals surface area (Å²) in [6.07, 6.45) is 0.868. The topological polar surface area (TPSA) is 39.2 Å². The minimum atomic E-state index is 0.650. The highest BCUT2D eigenvalue weighted by Gasteiger charge is 2.09. The molecular formula is C16H15NO. The van der Waals surface area contributed by atoms with Crippen molar-refractivity contribution in [3.63, 3.8) is 0 Å². The predicted octanol–water partition coefficient (Wildman–Crippen LogP) is 3.60. The van der Waals surface area contributed by atoms with Gasteiger partial charge in [-0.25, -0.2) is 0 Å². The third-order valence-electron chi connectivity index (χ3n) is 3.12. The number of fused-ring (bicyclic) bond motifs is 1. The van der Waals surface area contributed by atoms with E-state index >= 15 is 0 Å². The number of benzene rings is 2. The molecule has 0 amide bonds. The van der Waals surface area contributed by atoms with Gasteiger partial charge in [-0.1, -0.05) is 42.5 Å². The van der Waals surface area contributed by atoms with Gasteiger partial charge in [0.1, 0.15) is 11.3 Å². The highest BCUT2D eigenvalue weighted by molar-refractivity contribution is 5.83. The quantitative estimate of drug-likeness (QED) is 0.756. The summed E-state index contributed by atoms with van der Waals surface area (Å²) in [6.45, 7) is 0.650. The van der Waals surface area contributed by atoms with Crippen LogP contribution in [0.2, 0.25) is 0 Å². The van der Waals surface area contributed by atoms with Gasteiger partial charge in [0.2, 0.25) is 0 Å². The predicted molar refractivity (Wildman–Crippen MR) is 74.4 cm³/mol. The lowest BCUT2D eigenvalue weighted by Crippen LogP contribution is -2.03. The summed E-state index contributed by atoms with van der Waals surface area (Å²) in [5.74, 6) is 0.917. The zero-order valence-electron chi connectivity index (χ0n) is 10.1. The minimum absolute atomic E-state index is 0.650. The number of nitrogens with two attached hydrogens (primary N) is 1. The molecule has 0 aliphatic carbocycles. The Hall–Kier alpha value is -2.06. The number of hydrogen-bond acceptors (Lipinski definition) is 2. The van der Waals surface area contributed by atoms with Crippen LogP contribution in [0.15, 0.2) is 59.0 Å². The van der Waals surface area contributed by atoms with E-state index in [2.05, 4.69) is 24.3 Å². The molecule has 0 saturated carbocycles. The minimum Gasteiger partial charge on any atom is -0.456 e. The SMILES string of the molecule is NCCc1ccccc1-c1cc2ccccc2o1. The second-order valence-electron chi connectivity index (χ2n) is 4.34. The molecule has 2 N–H and O–H groups in total. The summed E-state index contributed by atoms with van der Waals surface area (Å²) in [4.78, 5) is 0. The Morgan fingerprint density at radius 1 is 0.944 bits per heavy atom. The Balaban J connectivity index is 2.13. The summed E-state index contributed by atoms with van der Waals surface area (Å²) in [5.41, 5.74) is 8.95.